The van der Waals surface area contributed by atoms with Gasteiger partial charge in [0.15, 0.2) is 0 Å². The highest BCUT2D eigenvalue weighted by atomic mass is 16.3. The topological polar surface area (TPSA) is 135 Å². The van der Waals surface area contributed by atoms with Gasteiger partial charge in [0.1, 0.15) is 29.8 Å². The van der Waals surface area contributed by atoms with Crippen molar-refractivity contribution in [2.45, 2.75) is 25.4 Å². The van der Waals surface area contributed by atoms with Gasteiger partial charge in [-0.15, -0.1) is 5.10 Å². The number of urea groups is 1. The van der Waals surface area contributed by atoms with Crippen LogP contribution in [0.4, 0.5) is 4.79 Å². The van der Waals surface area contributed by atoms with Gasteiger partial charge in [0.05, 0.1) is 11.7 Å². The van der Waals surface area contributed by atoms with Crippen molar-refractivity contribution in [2.75, 3.05) is 6.54 Å². The monoisotopic (exact) mass is 459 g/mol. The largest absolute Gasteiger partial charge is 0.459 e. The van der Waals surface area contributed by atoms with Crippen molar-refractivity contribution in [1.82, 2.24) is 35.7 Å². The van der Waals surface area contributed by atoms with Crippen LogP contribution < -0.4 is 10.6 Å². The fraction of sp³-hybridized carbons (Fsp3) is 0.217. The predicted octanol–water partition coefficient (Wildman–Crippen LogP) is 2.05. The highest BCUT2D eigenvalue weighted by Crippen LogP contribution is 2.30. The first kappa shape index (κ1) is 21.3. The Bertz CT molecular complexity index is 1360. The summed E-state index contributed by atoms with van der Waals surface area (Å²) in [5.41, 5.74) is 0.539. The second kappa shape index (κ2) is 8.10. The summed E-state index contributed by atoms with van der Waals surface area (Å²) in [5.74, 6) is -0.433. The molecule has 4 aromatic rings. The summed E-state index contributed by atoms with van der Waals surface area (Å²) in [6, 6.07) is 15.2. The number of furan rings is 1. The fourth-order valence-corrected chi connectivity index (χ4v) is 3.99. The van der Waals surface area contributed by atoms with Gasteiger partial charge in [-0.3, -0.25) is 14.5 Å². The highest BCUT2D eigenvalue weighted by molar-refractivity contribution is 6.09. The number of amides is 4. The summed E-state index contributed by atoms with van der Waals surface area (Å²) >= 11 is 0. The zero-order chi connectivity index (χ0) is 23.9. The van der Waals surface area contributed by atoms with Gasteiger partial charge >= 0.3 is 6.03 Å². The van der Waals surface area contributed by atoms with E-state index in [1.54, 1.807) is 38.1 Å². The molecule has 172 valence electrons. The Labute approximate surface area is 193 Å². The number of imide groups is 1. The standard InChI is InChI=1S/C23H21N7O4/c1-14(19-10-15-6-3-4-9-18(15)34-19)25-20(31)12-29-21(32)23(2,26-22(29)33)16-7-5-8-17(11-16)30-13-24-27-28-30/h3-11,13-14H,12H2,1-2H3,(H,25,31)(H,26,33)/t14-,23-/m0/s1. The lowest BCUT2D eigenvalue weighted by Crippen LogP contribution is -2.43. The van der Waals surface area contributed by atoms with E-state index in [0.29, 0.717) is 22.6 Å². The average molecular weight is 459 g/mol. The zero-order valence-electron chi connectivity index (χ0n) is 18.4. The van der Waals surface area contributed by atoms with Crippen molar-refractivity contribution < 1.29 is 18.8 Å². The average Bonchev–Trinajstić information content (AvgIpc) is 3.56. The second-order valence-corrected chi connectivity index (χ2v) is 8.23. The van der Waals surface area contributed by atoms with E-state index in [4.69, 9.17) is 4.42 Å². The van der Waals surface area contributed by atoms with Crippen molar-refractivity contribution in [2.24, 2.45) is 0 Å². The number of carbonyl (C=O) groups is 3. The summed E-state index contributed by atoms with van der Waals surface area (Å²) in [4.78, 5) is 39.5. The van der Waals surface area contributed by atoms with Crippen molar-refractivity contribution >= 4 is 28.8 Å². The summed E-state index contributed by atoms with van der Waals surface area (Å²) < 4.78 is 7.23. The Hall–Kier alpha value is -4.54. The molecule has 0 radical (unpaired) electrons. The van der Waals surface area contributed by atoms with E-state index in [-0.39, 0.29) is 0 Å². The molecule has 1 fully saturated rings. The van der Waals surface area contributed by atoms with Gasteiger partial charge < -0.3 is 15.1 Å². The minimum absolute atomic E-state index is 0.419. The summed E-state index contributed by atoms with van der Waals surface area (Å²) in [5, 5.41) is 17.5. The summed E-state index contributed by atoms with van der Waals surface area (Å²) in [6.45, 7) is 2.95. The molecule has 1 saturated heterocycles. The molecular formula is C23H21N7O4. The maximum absolute atomic E-state index is 13.2. The number of fused-ring (bicyclic) bond motifs is 1. The Balaban J connectivity index is 1.30. The molecule has 1 aliphatic rings. The van der Waals surface area contributed by atoms with Crippen molar-refractivity contribution in [3.05, 3.63) is 72.2 Å². The van der Waals surface area contributed by atoms with Crippen molar-refractivity contribution in [1.29, 1.82) is 0 Å². The highest BCUT2D eigenvalue weighted by Gasteiger charge is 2.49. The number of carbonyl (C=O) groups excluding carboxylic acids is 3. The molecule has 2 aromatic heterocycles. The molecular weight excluding hydrogens is 438 g/mol. The van der Waals surface area contributed by atoms with Crippen LogP contribution in [0.25, 0.3) is 16.7 Å². The minimum atomic E-state index is -1.34. The normalized spacial score (nSPS) is 18.8. The molecule has 0 spiro atoms. The first-order valence-corrected chi connectivity index (χ1v) is 10.6. The lowest BCUT2D eigenvalue weighted by atomic mass is 9.91. The quantitative estimate of drug-likeness (QED) is 0.421. The van der Waals surface area contributed by atoms with Crippen LogP contribution in [0.15, 0.2) is 65.3 Å². The third-order valence-corrected chi connectivity index (χ3v) is 5.86. The number of aromatic nitrogens is 4. The van der Waals surface area contributed by atoms with Crippen LogP contribution >= 0.6 is 0 Å². The molecule has 0 bridgehead atoms. The van der Waals surface area contributed by atoms with Crippen molar-refractivity contribution in [3.63, 3.8) is 0 Å². The van der Waals surface area contributed by atoms with Crippen molar-refractivity contribution in [3.8, 4) is 5.69 Å². The number of tetrazole rings is 1. The maximum atomic E-state index is 13.2. The predicted molar refractivity (Wildman–Crippen MR) is 120 cm³/mol. The first-order chi connectivity index (χ1) is 16.3. The minimum Gasteiger partial charge on any atom is -0.459 e. The Kier molecular flexibility index (Phi) is 5.08. The molecule has 34 heavy (non-hydrogen) atoms. The van der Waals surface area contributed by atoms with E-state index in [1.807, 2.05) is 30.3 Å². The van der Waals surface area contributed by atoms with E-state index in [2.05, 4.69) is 26.2 Å². The lowest BCUT2D eigenvalue weighted by molar-refractivity contribution is -0.135. The summed E-state index contributed by atoms with van der Waals surface area (Å²) in [6.07, 6.45) is 1.43. The number of hydrogen-bond donors (Lipinski definition) is 2. The molecule has 11 nitrogen and oxygen atoms in total. The van der Waals surface area contributed by atoms with Gasteiger partial charge in [0.25, 0.3) is 5.91 Å². The van der Waals surface area contributed by atoms with Gasteiger partial charge in [-0.1, -0.05) is 30.3 Å². The zero-order valence-corrected chi connectivity index (χ0v) is 18.4. The smallest absolute Gasteiger partial charge is 0.325 e. The van der Waals surface area contributed by atoms with E-state index in [1.165, 1.54) is 11.0 Å². The van der Waals surface area contributed by atoms with Crippen LogP contribution in [-0.4, -0.2) is 49.5 Å². The molecule has 11 heteroatoms. The Morgan fingerprint density at radius 3 is 2.76 bits per heavy atom. The van der Waals surface area contributed by atoms with Crippen LogP contribution in [0.5, 0.6) is 0 Å². The third kappa shape index (κ3) is 3.66. The van der Waals surface area contributed by atoms with Gasteiger partial charge in [-0.25, -0.2) is 9.48 Å². The second-order valence-electron chi connectivity index (χ2n) is 8.23. The van der Waals surface area contributed by atoms with Crippen LogP contribution in [0.3, 0.4) is 0 Å². The number of para-hydroxylation sites is 1. The van der Waals surface area contributed by atoms with Crippen LogP contribution in [0.1, 0.15) is 31.2 Å². The van der Waals surface area contributed by atoms with Gasteiger partial charge in [-0.05, 0) is 54.1 Å². The van der Waals surface area contributed by atoms with Gasteiger partial charge in [0.2, 0.25) is 5.91 Å². The molecule has 0 unspecified atom stereocenters. The molecule has 2 N–H and O–H groups in total. The van der Waals surface area contributed by atoms with Crippen LogP contribution in [0.2, 0.25) is 0 Å². The third-order valence-electron chi connectivity index (χ3n) is 5.86. The molecule has 0 saturated carbocycles. The van der Waals surface area contributed by atoms with E-state index >= 15 is 0 Å². The van der Waals surface area contributed by atoms with Crippen LogP contribution in [-0.2, 0) is 15.1 Å². The van der Waals surface area contributed by atoms with Crippen LogP contribution in [0, 0.1) is 0 Å². The molecule has 2 atom stereocenters. The lowest BCUT2D eigenvalue weighted by Gasteiger charge is -2.23. The molecule has 3 heterocycles. The van der Waals surface area contributed by atoms with Gasteiger partial charge in [-0.2, -0.15) is 0 Å². The number of nitrogens with zero attached hydrogens (tertiary/aromatic N) is 5. The number of hydrogen-bond acceptors (Lipinski definition) is 7. The summed E-state index contributed by atoms with van der Waals surface area (Å²) in [7, 11) is 0. The SMILES string of the molecule is C[C@H](NC(=O)CN1C(=O)N[C@@](C)(c2cccc(-n3cnnn3)c2)C1=O)c1cc2ccccc2o1. The van der Waals surface area contributed by atoms with E-state index in [9.17, 15) is 14.4 Å². The maximum Gasteiger partial charge on any atom is 0.325 e. The van der Waals surface area contributed by atoms with Gasteiger partial charge in [0, 0.05) is 5.39 Å². The molecule has 2 aromatic carbocycles. The Morgan fingerprint density at radius 2 is 2.00 bits per heavy atom. The van der Waals surface area contributed by atoms with E-state index < -0.39 is 36.0 Å². The van der Waals surface area contributed by atoms with E-state index in [0.717, 1.165) is 10.3 Å². The molecule has 4 amide bonds. The molecule has 1 aliphatic heterocycles. The first-order valence-electron chi connectivity index (χ1n) is 10.6. The molecule has 0 aliphatic carbocycles. The Morgan fingerprint density at radius 1 is 1.18 bits per heavy atom. The number of rotatable bonds is 6. The number of nitrogens with one attached hydrogen (secondary N) is 2. The molecule has 5 rings (SSSR count). The number of benzene rings is 2. The fourth-order valence-electron chi connectivity index (χ4n) is 3.99.